The third-order valence-corrected chi connectivity index (χ3v) is 4.42. The normalized spacial score (nSPS) is 10.8. The van der Waals surface area contributed by atoms with Gasteiger partial charge in [0, 0.05) is 23.5 Å². The number of hydrogen-bond acceptors (Lipinski definition) is 2. The topological polar surface area (TPSA) is 29.1 Å². The molecule has 0 unspecified atom stereocenters. The minimum absolute atomic E-state index is 0.0767. The largest absolute Gasteiger partial charge is 0.362 e. The summed E-state index contributed by atoms with van der Waals surface area (Å²) >= 11 is 11.8. The molecule has 0 heterocycles. The summed E-state index contributed by atoms with van der Waals surface area (Å²) in [6.07, 6.45) is 3.08. The summed E-state index contributed by atoms with van der Waals surface area (Å²) < 4.78 is 0. The molecule has 0 aliphatic carbocycles. The maximum atomic E-state index is 12.2. The number of hydrogen-bond donors (Lipinski definition) is 1. The van der Waals surface area contributed by atoms with Crippen LogP contribution in [0.4, 0.5) is 5.69 Å². The SMILES string of the molecule is O=C(/C=C/Nc1ccc(Cl)c(Cl)c1)c1ccc(-c2ccccc2)cc1. The lowest BCUT2D eigenvalue weighted by Crippen LogP contribution is -1.96. The van der Waals surface area contributed by atoms with Gasteiger partial charge in [0.2, 0.25) is 0 Å². The van der Waals surface area contributed by atoms with E-state index in [0.29, 0.717) is 15.6 Å². The number of nitrogens with one attached hydrogen (secondary N) is 1. The van der Waals surface area contributed by atoms with Gasteiger partial charge in [-0.2, -0.15) is 0 Å². The van der Waals surface area contributed by atoms with Crippen LogP contribution in [-0.4, -0.2) is 5.78 Å². The highest BCUT2D eigenvalue weighted by Crippen LogP contribution is 2.25. The van der Waals surface area contributed by atoms with Crippen LogP contribution in [0, 0.1) is 0 Å². The van der Waals surface area contributed by atoms with Crippen molar-refractivity contribution in [2.75, 3.05) is 5.32 Å². The molecule has 0 radical (unpaired) electrons. The molecule has 3 aromatic carbocycles. The highest BCUT2D eigenvalue weighted by Gasteiger charge is 2.03. The number of anilines is 1. The molecule has 0 aromatic heterocycles. The number of carbonyl (C=O) groups is 1. The zero-order chi connectivity index (χ0) is 17.6. The van der Waals surface area contributed by atoms with Crippen LogP contribution in [0.1, 0.15) is 10.4 Å². The average Bonchev–Trinajstić information content (AvgIpc) is 2.65. The molecule has 0 saturated heterocycles. The van der Waals surface area contributed by atoms with Crippen molar-refractivity contribution in [3.63, 3.8) is 0 Å². The molecular formula is C21H15Cl2NO. The van der Waals surface area contributed by atoms with Crippen molar-refractivity contribution in [1.29, 1.82) is 0 Å². The van der Waals surface area contributed by atoms with Crippen LogP contribution in [0.3, 0.4) is 0 Å². The molecule has 2 nitrogen and oxygen atoms in total. The van der Waals surface area contributed by atoms with Gasteiger partial charge < -0.3 is 5.32 Å². The summed E-state index contributed by atoms with van der Waals surface area (Å²) in [6, 6.07) is 22.8. The van der Waals surface area contributed by atoms with Gasteiger partial charge in [0.05, 0.1) is 10.0 Å². The van der Waals surface area contributed by atoms with Crippen molar-refractivity contribution in [1.82, 2.24) is 0 Å². The molecule has 0 spiro atoms. The Morgan fingerprint density at radius 2 is 1.48 bits per heavy atom. The van der Waals surface area contributed by atoms with E-state index in [4.69, 9.17) is 23.2 Å². The Morgan fingerprint density at radius 1 is 0.800 bits per heavy atom. The number of rotatable bonds is 5. The third-order valence-electron chi connectivity index (χ3n) is 3.68. The van der Waals surface area contributed by atoms with Crippen LogP contribution in [0.5, 0.6) is 0 Å². The van der Waals surface area contributed by atoms with Crippen LogP contribution >= 0.6 is 23.2 Å². The first-order valence-electron chi connectivity index (χ1n) is 7.71. The Bertz CT molecular complexity index is 903. The Hall–Kier alpha value is -2.55. The van der Waals surface area contributed by atoms with Gasteiger partial charge in [0.1, 0.15) is 0 Å². The van der Waals surface area contributed by atoms with Gasteiger partial charge in [-0.05, 0) is 29.3 Å². The van der Waals surface area contributed by atoms with Crippen LogP contribution in [-0.2, 0) is 0 Å². The van der Waals surface area contributed by atoms with Gasteiger partial charge in [-0.15, -0.1) is 0 Å². The summed E-state index contributed by atoms with van der Waals surface area (Å²) in [5, 5.41) is 3.96. The zero-order valence-electron chi connectivity index (χ0n) is 13.2. The summed E-state index contributed by atoms with van der Waals surface area (Å²) in [4.78, 5) is 12.2. The average molecular weight is 368 g/mol. The lowest BCUT2D eigenvalue weighted by atomic mass is 10.0. The number of allylic oxidation sites excluding steroid dienone is 1. The fraction of sp³-hybridized carbons (Fsp3) is 0. The van der Waals surface area contributed by atoms with E-state index < -0.39 is 0 Å². The fourth-order valence-electron chi connectivity index (χ4n) is 2.35. The molecule has 25 heavy (non-hydrogen) atoms. The van der Waals surface area contributed by atoms with Crippen molar-refractivity contribution in [2.24, 2.45) is 0 Å². The molecule has 124 valence electrons. The molecule has 1 N–H and O–H groups in total. The molecule has 4 heteroatoms. The molecule has 3 aromatic rings. The zero-order valence-corrected chi connectivity index (χ0v) is 14.8. The number of carbonyl (C=O) groups excluding carboxylic acids is 1. The molecule has 0 aliphatic heterocycles. The first-order chi connectivity index (χ1) is 12.1. The summed E-state index contributed by atoms with van der Waals surface area (Å²) in [7, 11) is 0. The minimum atomic E-state index is -0.0767. The van der Waals surface area contributed by atoms with Gasteiger partial charge in [-0.25, -0.2) is 0 Å². The van der Waals surface area contributed by atoms with Crippen LogP contribution in [0.15, 0.2) is 85.1 Å². The Labute approximate surface area is 156 Å². The van der Waals surface area contributed by atoms with E-state index in [1.165, 1.54) is 6.08 Å². The van der Waals surface area contributed by atoms with Crippen LogP contribution < -0.4 is 5.32 Å². The van der Waals surface area contributed by atoms with E-state index in [0.717, 1.165) is 16.8 Å². The van der Waals surface area contributed by atoms with Crippen molar-refractivity contribution in [3.05, 3.63) is 101 Å². The molecule has 3 rings (SSSR count). The molecular weight excluding hydrogens is 353 g/mol. The molecule has 0 amide bonds. The summed E-state index contributed by atoms with van der Waals surface area (Å²) in [5.41, 5.74) is 3.60. The van der Waals surface area contributed by atoms with Gasteiger partial charge in [0.25, 0.3) is 0 Å². The third kappa shape index (κ3) is 4.50. The van der Waals surface area contributed by atoms with E-state index in [1.54, 1.807) is 24.4 Å². The van der Waals surface area contributed by atoms with Gasteiger partial charge in [-0.1, -0.05) is 77.8 Å². The van der Waals surface area contributed by atoms with Gasteiger partial charge in [-0.3, -0.25) is 4.79 Å². The van der Waals surface area contributed by atoms with Crippen molar-refractivity contribution in [2.45, 2.75) is 0 Å². The quantitative estimate of drug-likeness (QED) is 0.413. The van der Waals surface area contributed by atoms with Crippen molar-refractivity contribution < 1.29 is 4.79 Å². The Balaban J connectivity index is 1.65. The maximum absolute atomic E-state index is 12.2. The van der Waals surface area contributed by atoms with Crippen molar-refractivity contribution >= 4 is 34.7 Å². The monoisotopic (exact) mass is 367 g/mol. The molecule has 0 bridgehead atoms. The predicted octanol–water partition coefficient (Wildman–Crippen LogP) is 6.47. The van der Waals surface area contributed by atoms with Crippen LogP contribution in [0.25, 0.3) is 11.1 Å². The molecule has 0 saturated carbocycles. The summed E-state index contributed by atoms with van der Waals surface area (Å²) in [5.74, 6) is -0.0767. The van der Waals surface area contributed by atoms with Gasteiger partial charge in [0.15, 0.2) is 5.78 Å². The molecule has 0 fully saturated rings. The minimum Gasteiger partial charge on any atom is -0.362 e. The fourth-order valence-corrected chi connectivity index (χ4v) is 2.65. The number of halogens is 2. The number of benzene rings is 3. The summed E-state index contributed by atoms with van der Waals surface area (Å²) in [6.45, 7) is 0. The second kappa shape index (κ2) is 8.02. The standard InChI is InChI=1S/C21H15Cl2NO/c22-19-11-10-18(14-20(19)23)24-13-12-21(25)17-8-6-16(7-9-17)15-4-2-1-3-5-15/h1-14,24H/b13-12+. The van der Waals surface area contributed by atoms with E-state index in [9.17, 15) is 4.79 Å². The second-order valence-corrected chi connectivity index (χ2v) is 6.23. The van der Waals surface area contributed by atoms with E-state index in [1.807, 2.05) is 54.6 Å². The van der Waals surface area contributed by atoms with E-state index in [-0.39, 0.29) is 5.78 Å². The van der Waals surface area contributed by atoms with Gasteiger partial charge >= 0.3 is 0 Å². The predicted molar refractivity (Wildman–Crippen MR) is 105 cm³/mol. The van der Waals surface area contributed by atoms with E-state index >= 15 is 0 Å². The number of ketones is 1. The smallest absolute Gasteiger partial charge is 0.187 e. The Kier molecular flexibility index (Phi) is 5.54. The van der Waals surface area contributed by atoms with Crippen LogP contribution in [0.2, 0.25) is 10.0 Å². The lowest BCUT2D eigenvalue weighted by molar-refractivity contribution is 0.104. The van der Waals surface area contributed by atoms with Crippen molar-refractivity contribution in [3.8, 4) is 11.1 Å². The van der Waals surface area contributed by atoms with E-state index in [2.05, 4.69) is 5.32 Å². The second-order valence-electron chi connectivity index (χ2n) is 5.41. The highest BCUT2D eigenvalue weighted by molar-refractivity contribution is 6.42. The lowest BCUT2D eigenvalue weighted by Gasteiger charge is -2.03. The molecule has 0 atom stereocenters. The first-order valence-corrected chi connectivity index (χ1v) is 8.47. The maximum Gasteiger partial charge on any atom is 0.187 e. The Morgan fingerprint density at radius 3 is 2.16 bits per heavy atom. The highest BCUT2D eigenvalue weighted by atomic mass is 35.5. The molecule has 0 aliphatic rings. The first kappa shape index (κ1) is 17.3.